The Bertz CT molecular complexity index is 970. The second-order valence-corrected chi connectivity index (χ2v) is 7.25. The fraction of sp³-hybridized carbons (Fsp3) is 0.304. The summed E-state index contributed by atoms with van der Waals surface area (Å²) in [5.74, 6) is -0.117. The highest BCUT2D eigenvalue weighted by Crippen LogP contribution is 2.24. The van der Waals surface area contributed by atoms with Gasteiger partial charge < -0.3 is 10.1 Å². The highest BCUT2D eigenvalue weighted by atomic mass is 19.1. The number of halogens is 1. The molecule has 0 aliphatic carbocycles. The van der Waals surface area contributed by atoms with Crippen LogP contribution in [0.2, 0.25) is 0 Å². The summed E-state index contributed by atoms with van der Waals surface area (Å²) in [6, 6.07) is 16.7. The van der Waals surface area contributed by atoms with Crippen molar-refractivity contribution in [3.05, 3.63) is 77.7 Å². The van der Waals surface area contributed by atoms with Crippen molar-refractivity contribution in [2.45, 2.75) is 25.3 Å². The Kier molecular flexibility index (Phi) is 5.63. The molecule has 1 amide bonds. The number of rotatable bonds is 6. The van der Waals surface area contributed by atoms with Gasteiger partial charge in [0, 0.05) is 23.9 Å². The molecule has 2 atom stereocenters. The molecule has 28 heavy (non-hydrogen) atoms. The third kappa shape index (κ3) is 4.20. The van der Waals surface area contributed by atoms with Crippen molar-refractivity contribution in [1.29, 1.82) is 0 Å². The molecule has 4 nitrogen and oxygen atoms in total. The number of amides is 1. The number of aromatic nitrogens is 1. The fourth-order valence-corrected chi connectivity index (χ4v) is 3.80. The molecule has 1 aromatic heterocycles. The van der Waals surface area contributed by atoms with Crippen LogP contribution in [0.1, 0.15) is 17.5 Å². The summed E-state index contributed by atoms with van der Waals surface area (Å²) in [7, 11) is 0. The topological polar surface area (TPSA) is 51.2 Å². The number of nitrogens with one attached hydrogen (secondary N) is 1. The number of ether oxygens (including phenoxy) is 1. The minimum atomic E-state index is -0.262. The molecule has 3 aromatic rings. The third-order valence-electron chi connectivity index (χ3n) is 5.35. The van der Waals surface area contributed by atoms with Gasteiger partial charge in [0.25, 0.3) is 0 Å². The van der Waals surface area contributed by atoms with Crippen molar-refractivity contribution in [1.82, 2.24) is 10.3 Å². The van der Waals surface area contributed by atoms with Crippen LogP contribution < -0.4 is 5.32 Å². The molecular weight excluding hydrogens is 355 g/mol. The van der Waals surface area contributed by atoms with E-state index in [-0.39, 0.29) is 30.1 Å². The van der Waals surface area contributed by atoms with Gasteiger partial charge in [0.1, 0.15) is 5.82 Å². The predicted molar refractivity (Wildman–Crippen MR) is 106 cm³/mol. The standard InChI is InChI=1S/C23H23FN2O2/c24-20-7-3-1-5-16(20)9-10-23(27)26-22-15-28-14-18(22)13-17-11-12-25-21-8-4-2-6-19(17)21/h1-8,11-12,18,22H,9-10,13-15H2,(H,26,27). The average molecular weight is 378 g/mol. The lowest BCUT2D eigenvalue weighted by molar-refractivity contribution is -0.122. The van der Waals surface area contributed by atoms with E-state index in [9.17, 15) is 9.18 Å². The predicted octanol–water partition coefficient (Wildman–Crippen LogP) is 3.68. The van der Waals surface area contributed by atoms with Crippen molar-refractivity contribution in [2.75, 3.05) is 13.2 Å². The Balaban J connectivity index is 1.38. The second-order valence-electron chi connectivity index (χ2n) is 7.25. The quantitative estimate of drug-likeness (QED) is 0.712. The lowest BCUT2D eigenvalue weighted by atomic mass is 9.93. The number of para-hydroxylation sites is 1. The van der Waals surface area contributed by atoms with Crippen LogP contribution in [0.25, 0.3) is 10.9 Å². The maximum atomic E-state index is 13.7. The molecule has 0 bridgehead atoms. The number of carbonyl (C=O) groups is 1. The molecule has 1 aliphatic heterocycles. The van der Waals surface area contributed by atoms with Crippen LogP contribution in [0.5, 0.6) is 0 Å². The van der Waals surface area contributed by atoms with Gasteiger partial charge in [0.05, 0.1) is 24.8 Å². The van der Waals surface area contributed by atoms with Crippen molar-refractivity contribution in [2.24, 2.45) is 5.92 Å². The minimum absolute atomic E-state index is 0.0277. The van der Waals surface area contributed by atoms with Gasteiger partial charge in [-0.1, -0.05) is 36.4 Å². The Labute approximate surface area is 163 Å². The molecule has 1 N–H and O–H groups in total. The zero-order chi connectivity index (χ0) is 19.3. The number of benzene rings is 2. The van der Waals surface area contributed by atoms with Crippen LogP contribution in [-0.2, 0) is 22.4 Å². The Morgan fingerprint density at radius 1 is 1.07 bits per heavy atom. The molecule has 1 aliphatic rings. The molecule has 5 heteroatoms. The first-order valence-corrected chi connectivity index (χ1v) is 9.64. The molecule has 144 valence electrons. The van der Waals surface area contributed by atoms with E-state index < -0.39 is 0 Å². The number of aryl methyl sites for hydroxylation is 1. The number of pyridine rings is 1. The van der Waals surface area contributed by atoms with E-state index in [1.807, 2.05) is 30.5 Å². The first kappa shape index (κ1) is 18.6. The van der Waals surface area contributed by atoms with Crippen LogP contribution >= 0.6 is 0 Å². The molecule has 0 saturated carbocycles. The maximum Gasteiger partial charge on any atom is 0.220 e. The Morgan fingerprint density at radius 3 is 2.79 bits per heavy atom. The molecule has 1 fully saturated rings. The smallest absolute Gasteiger partial charge is 0.220 e. The lowest BCUT2D eigenvalue weighted by Crippen LogP contribution is -2.40. The summed E-state index contributed by atoms with van der Waals surface area (Å²) in [4.78, 5) is 16.8. The first-order valence-electron chi connectivity index (χ1n) is 9.64. The van der Waals surface area contributed by atoms with E-state index in [1.54, 1.807) is 18.2 Å². The average Bonchev–Trinajstić information content (AvgIpc) is 3.14. The van der Waals surface area contributed by atoms with Crippen LogP contribution in [-0.4, -0.2) is 30.1 Å². The molecule has 1 saturated heterocycles. The summed E-state index contributed by atoms with van der Waals surface area (Å²) >= 11 is 0. The largest absolute Gasteiger partial charge is 0.379 e. The number of carbonyl (C=O) groups excluding carboxylic acids is 1. The van der Waals surface area contributed by atoms with Crippen LogP contribution in [0, 0.1) is 11.7 Å². The SMILES string of the molecule is O=C(CCc1ccccc1F)NC1COCC1Cc1ccnc2ccccc12. The monoisotopic (exact) mass is 378 g/mol. The van der Waals surface area contributed by atoms with Crippen molar-refractivity contribution < 1.29 is 13.9 Å². The zero-order valence-electron chi connectivity index (χ0n) is 15.6. The number of hydrogen-bond acceptors (Lipinski definition) is 3. The molecule has 4 rings (SSSR count). The first-order chi connectivity index (χ1) is 13.7. The van der Waals surface area contributed by atoms with Crippen molar-refractivity contribution in [3.8, 4) is 0 Å². The lowest BCUT2D eigenvalue weighted by Gasteiger charge is -2.20. The van der Waals surface area contributed by atoms with E-state index in [1.165, 1.54) is 11.6 Å². The number of nitrogens with zero attached hydrogens (tertiary/aromatic N) is 1. The molecule has 2 heterocycles. The summed E-state index contributed by atoms with van der Waals surface area (Å²) in [5.41, 5.74) is 2.76. The van der Waals surface area contributed by atoms with Crippen LogP contribution in [0.4, 0.5) is 4.39 Å². The van der Waals surface area contributed by atoms with Gasteiger partial charge in [-0.3, -0.25) is 9.78 Å². The number of hydrogen-bond donors (Lipinski definition) is 1. The Hall–Kier alpha value is -2.79. The van der Waals surface area contributed by atoms with Crippen molar-refractivity contribution in [3.63, 3.8) is 0 Å². The summed E-state index contributed by atoms with van der Waals surface area (Å²) < 4.78 is 19.4. The molecule has 0 spiro atoms. The Morgan fingerprint density at radius 2 is 1.89 bits per heavy atom. The van der Waals surface area contributed by atoms with Gasteiger partial charge in [-0.05, 0) is 42.2 Å². The van der Waals surface area contributed by atoms with Gasteiger partial charge in [-0.15, -0.1) is 0 Å². The van der Waals surface area contributed by atoms with Gasteiger partial charge in [-0.2, -0.15) is 0 Å². The van der Waals surface area contributed by atoms with Gasteiger partial charge in [0.2, 0.25) is 5.91 Å². The molecule has 0 radical (unpaired) electrons. The van der Waals surface area contributed by atoms with E-state index >= 15 is 0 Å². The normalized spacial score (nSPS) is 19.0. The minimum Gasteiger partial charge on any atom is -0.379 e. The van der Waals surface area contributed by atoms with Gasteiger partial charge in [0.15, 0.2) is 0 Å². The summed E-state index contributed by atoms with van der Waals surface area (Å²) in [5, 5.41) is 4.23. The fourth-order valence-electron chi connectivity index (χ4n) is 3.80. The molecule has 2 unspecified atom stereocenters. The van der Waals surface area contributed by atoms with Gasteiger partial charge >= 0.3 is 0 Å². The van der Waals surface area contributed by atoms with Crippen molar-refractivity contribution >= 4 is 16.8 Å². The summed E-state index contributed by atoms with van der Waals surface area (Å²) in [6.07, 6.45) is 3.31. The van der Waals surface area contributed by atoms with E-state index in [0.717, 1.165) is 17.3 Å². The molecule has 2 aromatic carbocycles. The van der Waals surface area contributed by atoms with Crippen LogP contribution in [0.3, 0.4) is 0 Å². The highest BCUT2D eigenvalue weighted by Gasteiger charge is 2.30. The highest BCUT2D eigenvalue weighted by molar-refractivity contribution is 5.82. The zero-order valence-corrected chi connectivity index (χ0v) is 15.6. The number of fused-ring (bicyclic) bond motifs is 1. The van der Waals surface area contributed by atoms with Crippen LogP contribution in [0.15, 0.2) is 60.8 Å². The van der Waals surface area contributed by atoms with E-state index in [0.29, 0.717) is 25.2 Å². The maximum absolute atomic E-state index is 13.7. The van der Waals surface area contributed by atoms with E-state index in [4.69, 9.17) is 4.74 Å². The van der Waals surface area contributed by atoms with E-state index in [2.05, 4.69) is 16.4 Å². The second kappa shape index (κ2) is 8.48. The summed E-state index contributed by atoms with van der Waals surface area (Å²) in [6.45, 7) is 1.13. The van der Waals surface area contributed by atoms with Gasteiger partial charge in [-0.25, -0.2) is 4.39 Å². The third-order valence-corrected chi connectivity index (χ3v) is 5.35. The molecular formula is C23H23FN2O2.